The molecule has 0 nitrogen and oxygen atoms in total. The molecule has 0 spiro atoms. The maximum absolute atomic E-state index is 2.28. The summed E-state index contributed by atoms with van der Waals surface area (Å²) in [5.41, 5.74) is 0. The van der Waals surface area contributed by atoms with E-state index in [-0.39, 0.29) is 0 Å². The van der Waals surface area contributed by atoms with Gasteiger partial charge in [-0.25, -0.2) is 0 Å². The van der Waals surface area contributed by atoms with Crippen molar-refractivity contribution in [1.29, 1.82) is 0 Å². The highest BCUT2D eigenvalue weighted by atomic mass is 28.2. The van der Waals surface area contributed by atoms with Crippen LogP contribution in [0.15, 0.2) is 0 Å². The molecule has 0 amide bonds. The van der Waals surface area contributed by atoms with Gasteiger partial charge in [0.15, 0.2) is 0 Å². The molecule has 0 aromatic rings. The summed E-state index contributed by atoms with van der Waals surface area (Å²) >= 11 is 0. The van der Waals surface area contributed by atoms with Gasteiger partial charge in [-0.1, -0.05) is 64.5 Å². The molecule has 0 aliphatic heterocycles. The first-order valence-electron chi connectivity index (χ1n) is 5.12. The summed E-state index contributed by atoms with van der Waals surface area (Å²) in [6.07, 6.45) is 8.59. The molecule has 0 unspecified atom stereocenters. The topological polar surface area (TPSA) is 0 Å². The minimum Gasteiger partial charge on any atom is -0.0654 e. The van der Waals surface area contributed by atoms with Crippen LogP contribution in [-0.2, 0) is 0 Å². The number of hydrogen-bond donors (Lipinski definition) is 0. The first kappa shape index (κ1) is 11.2. The standard InChI is InChI=1S/C10H22Si/c1-3-5-7-9-11-10-8-6-4-2/h3-10H2,1-2H3. The van der Waals surface area contributed by atoms with E-state index in [0.717, 1.165) is 0 Å². The van der Waals surface area contributed by atoms with Crippen molar-refractivity contribution < 1.29 is 0 Å². The number of rotatable bonds is 8. The van der Waals surface area contributed by atoms with Gasteiger partial charge < -0.3 is 0 Å². The van der Waals surface area contributed by atoms with Crippen LogP contribution in [-0.4, -0.2) is 9.52 Å². The Morgan fingerprint density at radius 1 is 0.727 bits per heavy atom. The lowest BCUT2D eigenvalue weighted by atomic mass is 10.3. The zero-order chi connectivity index (χ0) is 8.36. The average Bonchev–Trinajstić information content (AvgIpc) is 2.03. The molecule has 0 saturated heterocycles. The fourth-order valence-corrected chi connectivity index (χ4v) is 2.37. The van der Waals surface area contributed by atoms with Gasteiger partial charge in [-0.05, 0) is 0 Å². The summed E-state index contributed by atoms with van der Waals surface area (Å²) in [6, 6.07) is 3.00. The molecular formula is C10H22Si. The Morgan fingerprint density at radius 2 is 1.18 bits per heavy atom. The van der Waals surface area contributed by atoms with Crippen LogP contribution in [0, 0.1) is 0 Å². The van der Waals surface area contributed by atoms with E-state index in [1.165, 1.54) is 60.1 Å². The van der Waals surface area contributed by atoms with E-state index in [1.807, 2.05) is 0 Å². The number of hydrogen-bond acceptors (Lipinski definition) is 0. The highest BCUT2D eigenvalue weighted by Gasteiger charge is 1.90. The maximum Gasteiger partial charge on any atom is 0.0378 e. The van der Waals surface area contributed by atoms with E-state index in [9.17, 15) is 0 Å². The lowest BCUT2D eigenvalue weighted by molar-refractivity contribution is 0.752. The third-order valence-electron chi connectivity index (χ3n) is 1.91. The SMILES string of the molecule is CCCCC[Si]CCCCC. The van der Waals surface area contributed by atoms with Gasteiger partial charge in [0.2, 0.25) is 0 Å². The van der Waals surface area contributed by atoms with Gasteiger partial charge >= 0.3 is 0 Å². The quantitative estimate of drug-likeness (QED) is 0.383. The predicted molar refractivity (Wildman–Crippen MR) is 54.4 cm³/mol. The maximum atomic E-state index is 2.28. The zero-order valence-electron chi connectivity index (χ0n) is 8.16. The molecule has 0 bridgehead atoms. The van der Waals surface area contributed by atoms with E-state index in [0.29, 0.717) is 0 Å². The van der Waals surface area contributed by atoms with Gasteiger partial charge in [0.05, 0.1) is 0 Å². The minimum atomic E-state index is 1.25. The molecule has 1 heteroatoms. The molecule has 0 aromatic carbocycles. The Hall–Kier alpha value is 0.217. The van der Waals surface area contributed by atoms with Gasteiger partial charge in [-0.3, -0.25) is 0 Å². The van der Waals surface area contributed by atoms with Crippen LogP contribution in [0.2, 0.25) is 12.1 Å². The first-order chi connectivity index (χ1) is 5.41. The predicted octanol–water partition coefficient (Wildman–Crippen LogP) is 3.91. The zero-order valence-corrected chi connectivity index (χ0v) is 9.16. The highest BCUT2D eigenvalue weighted by Crippen LogP contribution is 2.04. The van der Waals surface area contributed by atoms with Crippen molar-refractivity contribution in [2.75, 3.05) is 0 Å². The summed E-state index contributed by atoms with van der Waals surface area (Å²) in [6.45, 7) is 4.56. The molecule has 2 radical (unpaired) electrons. The Balaban J connectivity index is 2.69. The second-order valence-electron chi connectivity index (χ2n) is 3.16. The van der Waals surface area contributed by atoms with Crippen molar-refractivity contribution in [3.05, 3.63) is 0 Å². The summed E-state index contributed by atoms with van der Waals surface area (Å²) in [7, 11) is 1.25. The molecule has 0 rings (SSSR count). The molecule has 0 heterocycles. The monoisotopic (exact) mass is 170 g/mol. The molecule has 0 aromatic heterocycles. The Bertz CT molecular complexity index is 53.9. The molecule has 66 valence electrons. The van der Waals surface area contributed by atoms with Crippen LogP contribution in [0.4, 0.5) is 0 Å². The van der Waals surface area contributed by atoms with E-state index in [1.54, 1.807) is 0 Å². The minimum absolute atomic E-state index is 1.25. The van der Waals surface area contributed by atoms with E-state index >= 15 is 0 Å². The van der Waals surface area contributed by atoms with Crippen molar-refractivity contribution in [3.63, 3.8) is 0 Å². The lowest BCUT2D eigenvalue weighted by Crippen LogP contribution is -1.88. The Labute approximate surface area is 74.6 Å². The molecule has 0 atom stereocenters. The smallest absolute Gasteiger partial charge is 0.0378 e. The summed E-state index contributed by atoms with van der Waals surface area (Å²) in [5.74, 6) is 0. The van der Waals surface area contributed by atoms with Crippen molar-refractivity contribution in [1.82, 2.24) is 0 Å². The third kappa shape index (κ3) is 10.2. The van der Waals surface area contributed by atoms with Crippen LogP contribution in [0.1, 0.15) is 52.4 Å². The van der Waals surface area contributed by atoms with Crippen molar-refractivity contribution in [2.45, 2.75) is 64.5 Å². The molecule has 0 aliphatic rings. The molecule has 0 aliphatic carbocycles. The first-order valence-corrected chi connectivity index (χ1v) is 6.54. The third-order valence-corrected chi connectivity index (χ3v) is 3.33. The largest absolute Gasteiger partial charge is 0.0654 e. The second-order valence-corrected chi connectivity index (χ2v) is 4.66. The highest BCUT2D eigenvalue weighted by molar-refractivity contribution is 6.35. The lowest BCUT2D eigenvalue weighted by Gasteiger charge is -1.97. The molecular weight excluding hydrogens is 148 g/mol. The van der Waals surface area contributed by atoms with E-state index in [2.05, 4.69) is 13.8 Å². The van der Waals surface area contributed by atoms with E-state index < -0.39 is 0 Å². The summed E-state index contributed by atoms with van der Waals surface area (Å²) in [5, 5.41) is 0. The summed E-state index contributed by atoms with van der Waals surface area (Å²) < 4.78 is 0. The fourth-order valence-electron chi connectivity index (χ4n) is 1.12. The van der Waals surface area contributed by atoms with Gasteiger partial charge in [-0.2, -0.15) is 0 Å². The second kappa shape index (κ2) is 10.2. The van der Waals surface area contributed by atoms with Crippen LogP contribution < -0.4 is 0 Å². The normalized spacial score (nSPS) is 10.4. The van der Waals surface area contributed by atoms with Crippen LogP contribution in [0.3, 0.4) is 0 Å². The molecule has 0 fully saturated rings. The average molecular weight is 170 g/mol. The molecule has 11 heavy (non-hydrogen) atoms. The van der Waals surface area contributed by atoms with E-state index in [4.69, 9.17) is 0 Å². The van der Waals surface area contributed by atoms with Gasteiger partial charge in [0.1, 0.15) is 0 Å². The van der Waals surface area contributed by atoms with Crippen molar-refractivity contribution in [2.24, 2.45) is 0 Å². The summed E-state index contributed by atoms with van der Waals surface area (Å²) in [4.78, 5) is 0. The fraction of sp³-hybridized carbons (Fsp3) is 1.00. The van der Waals surface area contributed by atoms with Crippen molar-refractivity contribution >= 4 is 9.52 Å². The molecule has 0 saturated carbocycles. The van der Waals surface area contributed by atoms with Crippen LogP contribution >= 0.6 is 0 Å². The van der Waals surface area contributed by atoms with Gasteiger partial charge in [0, 0.05) is 9.52 Å². The Morgan fingerprint density at radius 3 is 1.55 bits per heavy atom. The van der Waals surface area contributed by atoms with Crippen molar-refractivity contribution in [3.8, 4) is 0 Å². The van der Waals surface area contributed by atoms with Crippen LogP contribution in [0.25, 0.3) is 0 Å². The van der Waals surface area contributed by atoms with Gasteiger partial charge in [-0.15, -0.1) is 0 Å². The molecule has 0 N–H and O–H groups in total. The Kier molecular flexibility index (Phi) is 10.4. The van der Waals surface area contributed by atoms with Gasteiger partial charge in [0.25, 0.3) is 0 Å². The number of unbranched alkanes of at least 4 members (excludes halogenated alkanes) is 4. The van der Waals surface area contributed by atoms with Crippen LogP contribution in [0.5, 0.6) is 0 Å².